The summed E-state index contributed by atoms with van der Waals surface area (Å²) in [5, 5.41) is 1.28. The second kappa shape index (κ2) is 4.66. The van der Waals surface area contributed by atoms with Crippen molar-refractivity contribution in [1.82, 2.24) is 4.57 Å². The molecule has 2 nitrogen and oxygen atoms in total. The smallest absolute Gasteiger partial charge is 0.0936 e. The van der Waals surface area contributed by atoms with Crippen molar-refractivity contribution in [2.45, 2.75) is 26.4 Å². The van der Waals surface area contributed by atoms with Crippen LogP contribution in [0.4, 0.5) is 0 Å². The zero-order valence-electron chi connectivity index (χ0n) is 10.7. The van der Waals surface area contributed by atoms with Crippen molar-refractivity contribution >= 4 is 10.9 Å². The van der Waals surface area contributed by atoms with Crippen molar-refractivity contribution in [2.75, 3.05) is 0 Å². The number of rotatable bonds is 4. The van der Waals surface area contributed by atoms with Crippen LogP contribution in [0.3, 0.4) is 0 Å². The minimum absolute atomic E-state index is 0.192. The highest BCUT2D eigenvalue weighted by Gasteiger charge is 2.08. The molecule has 1 aromatic heterocycles. The molecule has 0 bridgehead atoms. The highest BCUT2D eigenvalue weighted by atomic mass is 16.5. The summed E-state index contributed by atoms with van der Waals surface area (Å²) in [4.78, 5) is 0. The van der Waals surface area contributed by atoms with E-state index in [0.29, 0.717) is 0 Å². The molecule has 0 aliphatic carbocycles. The fraction of sp³-hybridized carbons (Fsp3) is 0.333. The molecule has 0 aliphatic heterocycles. The Morgan fingerprint density at radius 3 is 2.76 bits per heavy atom. The van der Waals surface area contributed by atoms with Gasteiger partial charge in [-0.25, -0.2) is 0 Å². The van der Waals surface area contributed by atoms with Gasteiger partial charge in [0, 0.05) is 30.6 Å². The predicted molar refractivity (Wildman–Crippen MR) is 72.0 cm³/mol. The highest BCUT2D eigenvalue weighted by molar-refractivity contribution is 5.84. The first-order chi connectivity index (χ1) is 8.08. The third kappa shape index (κ3) is 2.52. The van der Waals surface area contributed by atoms with E-state index in [0.717, 1.165) is 12.2 Å². The zero-order chi connectivity index (χ0) is 12.4. The molecule has 1 aromatic carbocycles. The molecule has 2 rings (SSSR count). The van der Waals surface area contributed by atoms with Crippen molar-refractivity contribution in [3.05, 3.63) is 48.4 Å². The summed E-state index contributed by atoms with van der Waals surface area (Å²) in [7, 11) is 2.07. The Kier molecular flexibility index (Phi) is 3.23. The van der Waals surface area contributed by atoms with E-state index in [2.05, 4.69) is 48.7 Å². The van der Waals surface area contributed by atoms with E-state index in [9.17, 15) is 0 Å². The number of nitrogens with zero attached hydrogens (tertiary/aromatic N) is 1. The Bertz CT molecular complexity index is 537. The van der Waals surface area contributed by atoms with Crippen molar-refractivity contribution in [3.63, 3.8) is 0 Å². The van der Waals surface area contributed by atoms with Crippen LogP contribution in [0.1, 0.15) is 19.4 Å². The third-order valence-corrected chi connectivity index (χ3v) is 2.77. The first kappa shape index (κ1) is 11.8. The lowest BCUT2D eigenvalue weighted by molar-refractivity contribution is 0.144. The summed E-state index contributed by atoms with van der Waals surface area (Å²) in [5.41, 5.74) is 2.52. The number of benzene rings is 1. The van der Waals surface area contributed by atoms with Crippen LogP contribution in [0.5, 0.6) is 0 Å². The van der Waals surface area contributed by atoms with Gasteiger partial charge in [-0.1, -0.05) is 24.8 Å². The Morgan fingerprint density at radius 1 is 1.35 bits per heavy atom. The number of hydrogen-bond donors (Lipinski definition) is 0. The van der Waals surface area contributed by atoms with Gasteiger partial charge in [0.2, 0.25) is 0 Å². The Labute approximate surface area is 103 Å². The van der Waals surface area contributed by atoms with Crippen LogP contribution in [-0.4, -0.2) is 10.7 Å². The molecular weight excluding hydrogens is 210 g/mol. The molecule has 0 saturated heterocycles. The topological polar surface area (TPSA) is 14.2 Å². The SMILES string of the molecule is C=C(Cc1cn(C)c2ccccc12)OC(C)C. The average molecular weight is 229 g/mol. The fourth-order valence-electron chi connectivity index (χ4n) is 2.15. The molecule has 90 valence electrons. The Morgan fingerprint density at radius 2 is 2.06 bits per heavy atom. The standard InChI is InChI=1S/C15H19NO/c1-11(2)17-12(3)9-13-10-16(4)15-8-6-5-7-14(13)15/h5-8,10-11H,3,9H2,1-2,4H3. The van der Waals surface area contributed by atoms with Gasteiger partial charge in [0.05, 0.1) is 11.9 Å². The molecule has 2 heteroatoms. The summed E-state index contributed by atoms with van der Waals surface area (Å²) in [6.45, 7) is 8.02. The van der Waals surface area contributed by atoms with E-state index in [-0.39, 0.29) is 6.10 Å². The fourth-order valence-corrected chi connectivity index (χ4v) is 2.15. The molecule has 0 fully saturated rings. The van der Waals surface area contributed by atoms with E-state index in [1.807, 2.05) is 13.8 Å². The number of aryl methyl sites for hydroxylation is 1. The number of hydrogen-bond acceptors (Lipinski definition) is 1. The molecule has 1 heterocycles. The van der Waals surface area contributed by atoms with Crippen LogP contribution in [0.25, 0.3) is 10.9 Å². The van der Waals surface area contributed by atoms with Crippen LogP contribution in [0.15, 0.2) is 42.8 Å². The quantitative estimate of drug-likeness (QED) is 0.730. The van der Waals surface area contributed by atoms with E-state index < -0.39 is 0 Å². The van der Waals surface area contributed by atoms with E-state index in [4.69, 9.17) is 4.74 Å². The number of ether oxygens (including phenoxy) is 1. The average Bonchev–Trinajstić information content (AvgIpc) is 2.55. The maximum Gasteiger partial charge on any atom is 0.0936 e. The second-order valence-electron chi connectivity index (χ2n) is 4.66. The monoisotopic (exact) mass is 229 g/mol. The molecule has 0 amide bonds. The van der Waals surface area contributed by atoms with Crippen LogP contribution >= 0.6 is 0 Å². The molecule has 2 aromatic rings. The van der Waals surface area contributed by atoms with Crippen LogP contribution < -0.4 is 0 Å². The van der Waals surface area contributed by atoms with Crippen molar-refractivity contribution in [3.8, 4) is 0 Å². The molecule has 0 spiro atoms. The van der Waals surface area contributed by atoms with E-state index >= 15 is 0 Å². The summed E-state index contributed by atoms with van der Waals surface area (Å²) in [5.74, 6) is 0.830. The summed E-state index contributed by atoms with van der Waals surface area (Å²) in [6, 6.07) is 8.40. The number of fused-ring (bicyclic) bond motifs is 1. The molecule has 0 unspecified atom stereocenters. The second-order valence-corrected chi connectivity index (χ2v) is 4.66. The minimum Gasteiger partial charge on any atom is -0.496 e. The van der Waals surface area contributed by atoms with E-state index in [1.54, 1.807) is 0 Å². The summed E-state index contributed by atoms with van der Waals surface area (Å²) in [6.07, 6.45) is 3.12. The molecule has 0 radical (unpaired) electrons. The molecule has 0 N–H and O–H groups in total. The van der Waals surface area contributed by atoms with Crippen molar-refractivity contribution in [2.24, 2.45) is 7.05 Å². The van der Waals surface area contributed by atoms with Crippen LogP contribution in [0.2, 0.25) is 0 Å². The maximum atomic E-state index is 5.61. The van der Waals surface area contributed by atoms with Gasteiger partial charge < -0.3 is 9.30 Å². The zero-order valence-corrected chi connectivity index (χ0v) is 10.7. The van der Waals surface area contributed by atoms with Gasteiger partial charge in [-0.2, -0.15) is 0 Å². The van der Waals surface area contributed by atoms with E-state index in [1.165, 1.54) is 16.5 Å². The normalized spacial score (nSPS) is 11.1. The first-order valence-corrected chi connectivity index (χ1v) is 5.95. The minimum atomic E-state index is 0.192. The lowest BCUT2D eigenvalue weighted by atomic mass is 10.1. The number of para-hydroxylation sites is 1. The predicted octanol–water partition coefficient (Wildman–Crippen LogP) is 3.66. The Hall–Kier alpha value is -1.70. The Balaban J connectivity index is 2.27. The lowest BCUT2D eigenvalue weighted by Crippen LogP contribution is -2.03. The van der Waals surface area contributed by atoms with Crippen LogP contribution in [0, 0.1) is 0 Å². The molecule has 0 aliphatic rings. The van der Waals surface area contributed by atoms with Gasteiger partial charge >= 0.3 is 0 Å². The van der Waals surface area contributed by atoms with Gasteiger partial charge in [0.1, 0.15) is 0 Å². The van der Waals surface area contributed by atoms with Crippen LogP contribution in [-0.2, 0) is 18.2 Å². The van der Waals surface area contributed by atoms with Gasteiger partial charge in [-0.15, -0.1) is 0 Å². The maximum absolute atomic E-state index is 5.61. The summed E-state index contributed by atoms with van der Waals surface area (Å²) >= 11 is 0. The lowest BCUT2D eigenvalue weighted by Gasteiger charge is -2.11. The van der Waals surface area contributed by atoms with Crippen molar-refractivity contribution < 1.29 is 4.74 Å². The largest absolute Gasteiger partial charge is 0.496 e. The first-order valence-electron chi connectivity index (χ1n) is 5.95. The van der Waals surface area contributed by atoms with Gasteiger partial charge in [0.15, 0.2) is 0 Å². The van der Waals surface area contributed by atoms with Gasteiger partial charge in [-0.05, 0) is 25.5 Å². The molecule has 0 atom stereocenters. The molecular formula is C15H19NO. The van der Waals surface area contributed by atoms with Crippen molar-refractivity contribution in [1.29, 1.82) is 0 Å². The number of aromatic nitrogens is 1. The highest BCUT2D eigenvalue weighted by Crippen LogP contribution is 2.22. The molecule has 0 saturated carbocycles. The van der Waals surface area contributed by atoms with Gasteiger partial charge in [0.25, 0.3) is 0 Å². The number of allylic oxidation sites excluding steroid dienone is 1. The van der Waals surface area contributed by atoms with Gasteiger partial charge in [-0.3, -0.25) is 0 Å². The molecule has 17 heavy (non-hydrogen) atoms. The third-order valence-electron chi connectivity index (χ3n) is 2.77. The summed E-state index contributed by atoms with van der Waals surface area (Å²) < 4.78 is 7.75.